The van der Waals surface area contributed by atoms with Crippen molar-refractivity contribution in [3.8, 4) is 5.75 Å². The van der Waals surface area contributed by atoms with E-state index in [9.17, 15) is 37.6 Å². The van der Waals surface area contributed by atoms with Gasteiger partial charge in [0, 0.05) is 16.8 Å². The van der Waals surface area contributed by atoms with E-state index in [1.165, 1.54) is 24.3 Å². The van der Waals surface area contributed by atoms with Crippen LogP contribution < -0.4 is 40.6 Å². The van der Waals surface area contributed by atoms with Gasteiger partial charge in [-0.25, -0.2) is 4.79 Å². The van der Waals surface area contributed by atoms with Crippen LogP contribution in [0.25, 0.3) is 0 Å². The van der Waals surface area contributed by atoms with Gasteiger partial charge in [0.15, 0.2) is 11.6 Å². The fourth-order valence-electron chi connectivity index (χ4n) is 3.55. The van der Waals surface area contributed by atoms with Gasteiger partial charge in [0.2, 0.25) is 0 Å². The molecule has 0 atom stereocenters. The topological polar surface area (TPSA) is 184 Å². The maximum atomic E-state index is 13.2. The van der Waals surface area contributed by atoms with Crippen LogP contribution in [0.4, 0.5) is 17.1 Å². The third-order valence-corrected chi connectivity index (χ3v) is 5.88. The summed E-state index contributed by atoms with van der Waals surface area (Å²) >= 11 is 0. The van der Waals surface area contributed by atoms with E-state index in [1.54, 1.807) is 6.07 Å². The molecule has 0 saturated heterocycles. The Labute approximate surface area is 210 Å². The minimum atomic E-state index is -4.89. The Kier molecular flexibility index (Phi) is 6.37. The van der Waals surface area contributed by atoms with E-state index in [1.807, 2.05) is 0 Å². The number of rotatable bonds is 4. The van der Waals surface area contributed by atoms with Crippen molar-refractivity contribution in [1.82, 2.24) is 0 Å². The van der Waals surface area contributed by atoms with Crippen molar-refractivity contribution in [1.29, 1.82) is 0 Å². The number of hydrogen-bond donors (Lipinski definition) is 5. The van der Waals surface area contributed by atoms with Gasteiger partial charge >= 0.3 is 35.5 Å². The van der Waals surface area contributed by atoms with Crippen LogP contribution in [0.1, 0.15) is 43.6 Å². The van der Waals surface area contributed by atoms with Gasteiger partial charge in [-0.15, -0.1) is 0 Å². The van der Waals surface area contributed by atoms with Gasteiger partial charge in [0.1, 0.15) is 16.2 Å². The molecule has 33 heavy (non-hydrogen) atoms. The van der Waals surface area contributed by atoms with Crippen molar-refractivity contribution in [2.24, 2.45) is 0 Å². The molecule has 0 radical (unpaired) electrons. The summed E-state index contributed by atoms with van der Waals surface area (Å²) in [5.74, 6) is -3.27. The zero-order valence-corrected chi connectivity index (χ0v) is 19.8. The second-order valence-electron chi connectivity index (χ2n) is 6.93. The second-order valence-corrected chi connectivity index (χ2v) is 8.32. The van der Waals surface area contributed by atoms with E-state index in [0.717, 1.165) is 18.2 Å². The van der Waals surface area contributed by atoms with Crippen LogP contribution in [-0.4, -0.2) is 40.7 Å². The molecule has 3 aromatic rings. The Morgan fingerprint density at radius 2 is 1.55 bits per heavy atom. The predicted molar refractivity (Wildman–Crippen MR) is 113 cm³/mol. The number of nitrogens with two attached hydrogens (primary N) is 1. The second kappa shape index (κ2) is 8.61. The molecule has 0 aromatic heterocycles. The summed E-state index contributed by atoms with van der Waals surface area (Å²) in [7, 11) is -4.89. The van der Waals surface area contributed by atoms with Crippen LogP contribution in [-0.2, 0) is 10.1 Å². The Balaban J connectivity index is 0.00000204. The average Bonchev–Trinajstić information content (AvgIpc) is 2.73. The zero-order chi connectivity index (χ0) is 23.4. The molecule has 0 unspecified atom stereocenters. The molecule has 0 saturated carbocycles. The molecule has 0 fully saturated rings. The number of nitrogen functional groups attached to an aromatic ring is 1. The summed E-state index contributed by atoms with van der Waals surface area (Å²) in [4.78, 5) is 36.8. The van der Waals surface area contributed by atoms with Crippen molar-refractivity contribution in [2.75, 3.05) is 11.1 Å². The van der Waals surface area contributed by atoms with Crippen LogP contribution >= 0.6 is 0 Å². The zero-order valence-electron chi connectivity index (χ0n) is 18.0. The van der Waals surface area contributed by atoms with E-state index >= 15 is 0 Å². The molecule has 12 heteroatoms. The maximum Gasteiger partial charge on any atom is 1.00 e. The first-order valence-electron chi connectivity index (χ1n) is 8.96. The van der Waals surface area contributed by atoms with Crippen LogP contribution in [0.3, 0.4) is 0 Å². The Morgan fingerprint density at radius 3 is 2.09 bits per heavy atom. The number of carboxylic acids is 1. The first kappa shape index (κ1) is 24.4. The monoisotopic (exact) mass is 478 g/mol. The SMILES string of the molecule is Nc1c(S(=O)(=O)O)cc(Nc2ccc(O)c(C(=O)O)c2)c2c1C(=O)c1ccccc1C2=O.[H-].[Na+]. The van der Waals surface area contributed by atoms with E-state index in [4.69, 9.17) is 5.73 Å². The number of carbonyl (C=O) groups excluding carboxylic acids is 2. The number of benzene rings is 3. The van der Waals surface area contributed by atoms with Crippen molar-refractivity contribution in [3.63, 3.8) is 0 Å². The van der Waals surface area contributed by atoms with Gasteiger partial charge in [-0.2, -0.15) is 8.42 Å². The number of nitrogens with one attached hydrogen (secondary N) is 1. The minimum absolute atomic E-state index is 0. The fourth-order valence-corrected chi connectivity index (χ4v) is 4.19. The Morgan fingerprint density at radius 1 is 0.970 bits per heavy atom. The van der Waals surface area contributed by atoms with E-state index in [0.29, 0.717) is 0 Å². The number of aromatic carboxylic acids is 1. The number of aromatic hydroxyl groups is 1. The largest absolute Gasteiger partial charge is 1.00 e. The number of carboxylic acid groups (broad SMARTS) is 1. The number of ketones is 2. The molecule has 6 N–H and O–H groups in total. The van der Waals surface area contributed by atoms with Crippen LogP contribution in [0.2, 0.25) is 0 Å². The van der Waals surface area contributed by atoms with Gasteiger partial charge in [0.25, 0.3) is 10.1 Å². The summed E-state index contributed by atoms with van der Waals surface area (Å²) in [5, 5.41) is 21.6. The third-order valence-electron chi connectivity index (χ3n) is 4.98. The van der Waals surface area contributed by atoms with Gasteiger partial charge in [-0.05, 0) is 24.3 Å². The summed E-state index contributed by atoms with van der Waals surface area (Å²) < 4.78 is 33.4. The fraction of sp³-hybridized carbons (Fsp3) is 0. The molecular formula is C21H15N2NaO8S. The predicted octanol–water partition coefficient (Wildman–Crippen LogP) is -0.445. The molecule has 164 valence electrons. The molecule has 0 amide bonds. The molecular weight excluding hydrogens is 463 g/mol. The van der Waals surface area contributed by atoms with Crippen molar-refractivity contribution in [2.45, 2.75) is 4.90 Å². The maximum absolute atomic E-state index is 13.2. The molecule has 1 aliphatic rings. The number of hydrogen-bond acceptors (Lipinski definition) is 8. The van der Waals surface area contributed by atoms with Gasteiger partial charge in [-0.1, -0.05) is 24.3 Å². The molecule has 0 aliphatic heterocycles. The first-order valence-corrected chi connectivity index (χ1v) is 10.4. The van der Waals surface area contributed by atoms with Gasteiger partial charge in [0.05, 0.1) is 22.5 Å². The summed E-state index contributed by atoms with van der Waals surface area (Å²) in [6.07, 6.45) is 0. The molecule has 1 aliphatic carbocycles. The van der Waals surface area contributed by atoms with Crippen molar-refractivity contribution in [3.05, 3.63) is 76.3 Å². The summed E-state index contributed by atoms with van der Waals surface area (Å²) in [5.41, 5.74) is 4.18. The third kappa shape index (κ3) is 4.12. The molecule has 0 bridgehead atoms. The van der Waals surface area contributed by atoms with E-state index < -0.39 is 55.1 Å². The normalized spacial score (nSPS) is 12.4. The van der Waals surface area contributed by atoms with Gasteiger partial charge in [-0.3, -0.25) is 14.1 Å². The molecule has 10 nitrogen and oxygen atoms in total. The minimum Gasteiger partial charge on any atom is -1.00 e. The number of carbonyl (C=O) groups is 3. The van der Waals surface area contributed by atoms with Crippen molar-refractivity contribution < 1.29 is 68.6 Å². The van der Waals surface area contributed by atoms with E-state index in [-0.39, 0.29) is 59.0 Å². The quantitative estimate of drug-likeness (QED) is 0.111. The number of fused-ring (bicyclic) bond motifs is 2. The molecule has 3 aromatic carbocycles. The smallest absolute Gasteiger partial charge is 1.00 e. The Hall–Kier alpha value is -3.22. The number of anilines is 3. The summed E-state index contributed by atoms with van der Waals surface area (Å²) in [6, 6.07) is 10.2. The molecule has 4 rings (SSSR count). The average molecular weight is 478 g/mol. The molecule has 0 spiro atoms. The number of phenols is 1. The van der Waals surface area contributed by atoms with Crippen LogP contribution in [0.15, 0.2) is 53.4 Å². The van der Waals surface area contributed by atoms with Gasteiger partial charge < -0.3 is 22.7 Å². The molecule has 0 heterocycles. The summed E-state index contributed by atoms with van der Waals surface area (Å²) in [6.45, 7) is 0. The van der Waals surface area contributed by atoms with Crippen LogP contribution in [0, 0.1) is 0 Å². The Bertz CT molecular complexity index is 1470. The standard InChI is InChI=1S/C21H14N2O8S.Na.H/c22-18-15(32(29,30)31)8-13(23-9-5-6-14(24)12(7-9)21(27)28)16-17(18)20(26)11-4-2-1-3-10(11)19(16)25;;/h1-8,23-24H,22H2,(H,27,28)(H,29,30,31);;/q;+1;-1. The van der Waals surface area contributed by atoms with E-state index in [2.05, 4.69) is 5.32 Å². The van der Waals surface area contributed by atoms with Crippen LogP contribution in [0.5, 0.6) is 5.75 Å². The van der Waals surface area contributed by atoms with Crippen molar-refractivity contribution >= 4 is 44.7 Å². The first-order chi connectivity index (χ1) is 15.0.